The molecule has 2 heterocycles. The van der Waals surface area contributed by atoms with E-state index in [1.807, 2.05) is 53.8 Å². The van der Waals surface area contributed by atoms with Crippen LogP contribution < -0.4 is 5.32 Å². The Morgan fingerprint density at radius 2 is 1.79 bits per heavy atom. The van der Waals surface area contributed by atoms with Crippen LogP contribution in [0, 0.1) is 25.2 Å². The highest BCUT2D eigenvalue weighted by atomic mass is 15.1. The zero-order chi connectivity index (χ0) is 16.7. The molecule has 4 heteroatoms. The van der Waals surface area contributed by atoms with E-state index >= 15 is 0 Å². The van der Waals surface area contributed by atoms with E-state index in [-0.39, 0.29) is 0 Å². The van der Waals surface area contributed by atoms with Crippen molar-refractivity contribution in [3.8, 4) is 6.07 Å². The average Bonchev–Trinajstić information content (AvgIpc) is 2.96. The van der Waals surface area contributed by atoms with Gasteiger partial charge in [0.15, 0.2) is 5.65 Å². The highest BCUT2D eigenvalue weighted by Gasteiger charge is 2.14. The van der Waals surface area contributed by atoms with Gasteiger partial charge < -0.3 is 5.32 Å². The summed E-state index contributed by atoms with van der Waals surface area (Å²) < 4.78 is 2.01. The van der Waals surface area contributed by atoms with Crippen molar-refractivity contribution >= 4 is 28.2 Å². The van der Waals surface area contributed by atoms with Gasteiger partial charge in [0, 0.05) is 5.69 Å². The maximum atomic E-state index is 9.53. The van der Waals surface area contributed by atoms with Crippen molar-refractivity contribution in [2.75, 3.05) is 5.32 Å². The number of pyridine rings is 1. The third kappa shape index (κ3) is 2.19. The van der Waals surface area contributed by atoms with Crippen LogP contribution in [0.1, 0.15) is 16.7 Å². The number of nitrogens with one attached hydrogen (secondary N) is 1. The zero-order valence-corrected chi connectivity index (χ0v) is 13.5. The standard InChI is InChI=1S/C20H16N4/c1-13-7-9-15(10-8-13)22-19-11-14(2)16(12-21)20-23-17-5-3-4-6-18(17)24(19)20/h3-11,22H,1-2H3. The number of nitrogens with zero attached hydrogens (tertiary/aromatic N) is 3. The Bertz CT molecular complexity index is 1100. The van der Waals surface area contributed by atoms with Gasteiger partial charge >= 0.3 is 0 Å². The Morgan fingerprint density at radius 1 is 1.04 bits per heavy atom. The molecular weight excluding hydrogens is 296 g/mol. The molecule has 0 fully saturated rings. The van der Waals surface area contributed by atoms with Crippen LogP contribution in [-0.4, -0.2) is 9.38 Å². The molecule has 1 N–H and O–H groups in total. The highest BCUT2D eigenvalue weighted by Crippen LogP contribution is 2.28. The summed E-state index contributed by atoms with van der Waals surface area (Å²) >= 11 is 0. The number of fused-ring (bicyclic) bond motifs is 3. The fourth-order valence-corrected chi connectivity index (χ4v) is 2.97. The third-order valence-electron chi connectivity index (χ3n) is 4.21. The predicted molar refractivity (Wildman–Crippen MR) is 96.6 cm³/mol. The minimum Gasteiger partial charge on any atom is -0.341 e. The summed E-state index contributed by atoms with van der Waals surface area (Å²) in [6.07, 6.45) is 0. The van der Waals surface area contributed by atoms with Crippen molar-refractivity contribution in [2.24, 2.45) is 0 Å². The van der Waals surface area contributed by atoms with Gasteiger partial charge in [0.05, 0.1) is 16.6 Å². The Hall–Kier alpha value is -3.32. The number of anilines is 2. The minimum atomic E-state index is 0.612. The first-order chi connectivity index (χ1) is 11.7. The van der Waals surface area contributed by atoms with E-state index in [1.165, 1.54) is 5.56 Å². The van der Waals surface area contributed by atoms with Crippen molar-refractivity contribution < 1.29 is 0 Å². The van der Waals surface area contributed by atoms with E-state index in [2.05, 4.69) is 35.4 Å². The second-order valence-corrected chi connectivity index (χ2v) is 5.95. The van der Waals surface area contributed by atoms with Crippen LogP contribution in [-0.2, 0) is 0 Å². The van der Waals surface area contributed by atoms with E-state index in [4.69, 9.17) is 0 Å². The number of hydrogen-bond acceptors (Lipinski definition) is 3. The number of rotatable bonds is 2. The lowest BCUT2D eigenvalue weighted by Gasteiger charge is -2.12. The van der Waals surface area contributed by atoms with Gasteiger partial charge in [-0.3, -0.25) is 4.40 Å². The van der Waals surface area contributed by atoms with Gasteiger partial charge in [-0.1, -0.05) is 29.8 Å². The first-order valence-corrected chi connectivity index (χ1v) is 7.82. The van der Waals surface area contributed by atoms with Gasteiger partial charge in [-0.05, 0) is 49.7 Å². The molecule has 2 aromatic heterocycles. The summed E-state index contributed by atoms with van der Waals surface area (Å²) in [5.74, 6) is 0.902. The number of aromatic nitrogens is 2. The molecule has 0 aliphatic carbocycles. The van der Waals surface area contributed by atoms with Gasteiger partial charge in [-0.25, -0.2) is 4.98 Å². The lowest BCUT2D eigenvalue weighted by atomic mass is 10.1. The van der Waals surface area contributed by atoms with Crippen molar-refractivity contribution in [2.45, 2.75) is 13.8 Å². The average molecular weight is 312 g/mol. The lowest BCUT2D eigenvalue weighted by Crippen LogP contribution is -2.02. The number of para-hydroxylation sites is 2. The normalized spacial score (nSPS) is 10.9. The molecular formula is C20H16N4. The second-order valence-electron chi connectivity index (χ2n) is 5.95. The molecule has 0 unspecified atom stereocenters. The van der Waals surface area contributed by atoms with Crippen LogP contribution in [0.3, 0.4) is 0 Å². The summed E-state index contributed by atoms with van der Waals surface area (Å²) in [5, 5.41) is 13.0. The molecule has 24 heavy (non-hydrogen) atoms. The van der Waals surface area contributed by atoms with Crippen molar-refractivity contribution in [3.05, 3.63) is 71.3 Å². The van der Waals surface area contributed by atoms with Crippen LogP contribution >= 0.6 is 0 Å². The lowest BCUT2D eigenvalue weighted by molar-refractivity contribution is 1.19. The Labute approximate surface area is 140 Å². The maximum absolute atomic E-state index is 9.53. The molecule has 116 valence electrons. The fraction of sp³-hybridized carbons (Fsp3) is 0.100. The number of nitriles is 1. The molecule has 0 saturated carbocycles. The van der Waals surface area contributed by atoms with Crippen LogP contribution in [0.5, 0.6) is 0 Å². The van der Waals surface area contributed by atoms with Gasteiger partial charge in [0.2, 0.25) is 0 Å². The van der Waals surface area contributed by atoms with Gasteiger partial charge in [0.25, 0.3) is 0 Å². The number of aryl methyl sites for hydroxylation is 2. The molecule has 2 aromatic carbocycles. The summed E-state index contributed by atoms with van der Waals surface area (Å²) in [6, 6.07) is 20.5. The van der Waals surface area contributed by atoms with Crippen LogP contribution in [0.15, 0.2) is 54.6 Å². The molecule has 0 amide bonds. The van der Waals surface area contributed by atoms with E-state index in [0.717, 1.165) is 28.1 Å². The zero-order valence-electron chi connectivity index (χ0n) is 13.5. The van der Waals surface area contributed by atoms with Gasteiger partial charge in [-0.2, -0.15) is 5.26 Å². The number of hydrogen-bond donors (Lipinski definition) is 1. The minimum absolute atomic E-state index is 0.612. The summed E-state index contributed by atoms with van der Waals surface area (Å²) in [4.78, 5) is 4.66. The number of imidazole rings is 1. The molecule has 4 aromatic rings. The fourth-order valence-electron chi connectivity index (χ4n) is 2.97. The van der Waals surface area contributed by atoms with Crippen LogP contribution in [0.4, 0.5) is 11.5 Å². The Balaban J connectivity index is 2.01. The maximum Gasteiger partial charge on any atom is 0.157 e. The Kier molecular flexibility index (Phi) is 3.21. The smallest absolute Gasteiger partial charge is 0.157 e. The Morgan fingerprint density at radius 3 is 2.54 bits per heavy atom. The summed E-state index contributed by atoms with van der Waals surface area (Å²) in [6.45, 7) is 4.01. The first-order valence-electron chi connectivity index (χ1n) is 7.82. The first kappa shape index (κ1) is 14.3. The van der Waals surface area contributed by atoms with Crippen molar-refractivity contribution in [1.29, 1.82) is 5.26 Å². The van der Waals surface area contributed by atoms with Crippen LogP contribution in [0.2, 0.25) is 0 Å². The van der Waals surface area contributed by atoms with Crippen LogP contribution in [0.25, 0.3) is 16.7 Å². The molecule has 0 radical (unpaired) electrons. The van der Waals surface area contributed by atoms with E-state index < -0.39 is 0 Å². The highest BCUT2D eigenvalue weighted by molar-refractivity contribution is 5.85. The molecule has 0 bridgehead atoms. The SMILES string of the molecule is Cc1ccc(Nc2cc(C)c(C#N)c3nc4ccccc4n23)cc1. The van der Waals surface area contributed by atoms with E-state index in [1.54, 1.807) is 0 Å². The quantitative estimate of drug-likeness (QED) is 0.582. The molecule has 0 aliphatic heterocycles. The molecule has 0 spiro atoms. The largest absolute Gasteiger partial charge is 0.341 e. The molecule has 0 atom stereocenters. The van der Waals surface area contributed by atoms with Crippen molar-refractivity contribution in [3.63, 3.8) is 0 Å². The van der Waals surface area contributed by atoms with E-state index in [9.17, 15) is 5.26 Å². The van der Waals surface area contributed by atoms with Gasteiger partial charge in [0.1, 0.15) is 11.9 Å². The second kappa shape index (κ2) is 5.39. The predicted octanol–water partition coefficient (Wildman–Crippen LogP) is 4.72. The summed E-state index contributed by atoms with van der Waals surface area (Å²) in [7, 11) is 0. The molecule has 4 nitrogen and oxygen atoms in total. The molecule has 0 saturated heterocycles. The monoisotopic (exact) mass is 312 g/mol. The van der Waals surface area contributed by atoms with Gasteiger partial charge in [-0.15, -0.1) is 0 Å². The topological polar surface area (TPSA) is 53.1 Å². The molecule has 4 rings (SSSR count). The van der Waals surface area contributed by atoms with Crippen molar-refractivity contribution in [1.82, 2.24) is 9.38 Å². The molecule has 0 aliphatic rings. The summed E-state index contributed by atoms with van der Waals surface area (Å²) in [5.41, 5.74) is 6.30. The number of benzene rings is 2. The third-order valence-corrected chi connectivity index (χ3v) is 4.21. The van der Waals surface area contributed by atoms with E-state index in [0.29, 0.717) is 11.2 Å².